The van der Waals surface area contributed by atoms with Crippen molar-refractivity contribution in [2.75, 3.05) is 20.3 Å². The first kappa shape index (κ1) is 21.5. The number of fused-ring (bicyclic) bond motifs is 1. The summed E-state index contributed by atoms with van der Waals surface area (Å²) >= 11 is 0. The lowest BCUT2D eigenvalue weighted by Gasteiger charge is -2.13. The number of hydrogen-bond acceptors (Lipinski definition) is 6. The lowest BCUT2D eigenvalue weighted by Crippen LogP contribution is -2.09. The molecule has 0 unspecified atom stereocenters. The van der Waals surface area contributed by atoms with Gasteiger partial charge in [-0.15, -0.1) is 0 Å². The highest BCUT2D eigenvalue weighted by atomic mass is 19.1. The number of hydrogen-bond donors (Lipinski definition) is 0. The number of ether oxygens (including phenoxy) is 3. The summed E-state index contributed by atoms with van der Waals surface area (Å²) in [5.41, 5.74) is -0.260. The molecule has 0 fully saturated rings. The molecule has 7 heteroatoms. The maximum atomic E-state index is 13.8. The molecule has 0 atom stereocenters. The molecule has 6 nitrogen and oxygen atoms in total. The van der Waals surface area contributed by atoms with E-state index in [0.717, 1.165) is 25.7 Å². The Bertz CT molecular complexity index is 915. The summed E-state index contributed by atoms with van der Waals surface area (Å²) in [6, 6.07) is 3.29. The summed E-state index contributed by atoms with van der Waals surface area (Å²) < 4.78 is 35.0. The maximum Gasteiger partial charge on any atom is 0.373 e. The van der Waals surface area contributed by atoms with E-state index in [1.54, 1.807) is 19.1 Å². The largest absolute Gasteiger partial charge is 0.493 e. The second-order valence-corrected chi connectivity index (χ2v) is 6.48. The highest BCUT2D eigenvalue weighted by Gasteiger charge is 2.18. The zero-order chi connectivity index (χ0) is 20.7. The monoisotopic (exact) mass is 392 g/mol. The van der Waals surface area contributed by atoms with Gasteiger partial charge in [0.2, 0.25) is 11.6 Å². The molecule has 0 radical (unpaired) electrons. The average molecular weight is 392 g/mol. The first-order valence-corrected chi connectivity index (χ1v) is 9.12. The van der Waals surface area contributed by atoms with Crippen molar-refractivity contribution < 1.29 is 27.8 Å². The fourth-order valence-corrected chi connectivity index (χ4v) is 2.67. The van der Waals surface area contributed by atoms with E-state index in [0.29, 0.717) is 29.9 Å². The normalized spacial score (nSPS) is 10.7. The fraction of sp³-hybridized carbons (Fsp3) is 0.429. The number of carbonyl (C=O) groups excluding carboxylic acids is 1. The van der Waals surface area contributed by atoms with Gasteiger partial charge in [-0.25, -0.2) is 9.59 Å². The van der Waals surface area contributed by atoms with Crippen molar-refractivity contribution in [2.24, 2.45) is 0 Å². The maximum absolute atomic E-state index is 13.8. The molecule has 0 aliphatic rings. The third kappa shape index (κ3) is 5.12. The van der Waals surface area contributed by atoms with Gasteiger partial charge in [0.05, 0.1) is 20.3 Å². The molecule has 0 N–H and O–H groups in total. The molecule has 0 saturated carbocycles. The van der Waals surface area contributed by atoms with E-state index in [-0.39, 0.29) is 22.9 Å². The van der Waals surface area contributed by atoms with E-state index in [1.807, 2.05) is 0 Å². The van der Waals surface area contributed by atoms with Gasteiger partial charge in [0.25, 0.3) is 0 Å². The van der Waals surface area contributed by atoms with Crippen LogP contribution in [0.15, 0.2) is 33.5 Å². The molecule has 0 saturated heterocycles. The smallest absolute Gasteiger partial charge is 0.373 e. The van der Waals surface area contributed by atoms with Crippen LogP contribution in [0.5, 0.6) is 11.5 Å². The predicted molar refractivity (Wildman–Crippen MR) is 103 cm³/mol. The summed E-state index contributed by atoms with van der Waals surface area (Å²) in [5, 5.41) is 0.465. The fourth-order valence-electron chi connectivity index (χ4n) is 2.67. The van der Waals surface area contributed by atoms with Gasteiger partial charge < -0.3 is 18.6 Å². The molecule has 0 aliphatic carbocycles. The van der Waals surface area contributed by atoms with Crippen LogP contribution in [0, 0.1) is 12.7 Å². The van der Waals surface area contributed by atoms with Gasteiger partial charge in [-0.2, -0.15) is 4.39 Å². The summed E-state index contributed by atoms with van der Waals surface area (Å²) in [6.45, 7) is 7.39. The van der Waals surface area contributed by atoms with Gasteiger partial charge >= 0.3 is 11.6 Å². The lowest BCUT2D eigenvalue weighted by atomic mass is 10.1. The third-order valence-corrected chi connectivity index (χ3v) is 4.27. The van der Waals surface area contributed by atoms with Crippen molar-refractivity contribution in [1.29, 1.82) is 0 Å². The Morgan fingerprint density at radius 1 is 1.18 bits per heavy atom. The van der Waals surface area contributed by atoms with E-state index < -0.39 is 11.4 Å². The molecule has 0 bridgehead atoms. The van der Waals surface area contributed by atoms with Crippen molar-refractivity contribution in [3.05, 3.63) is 46.1 Å². The second-order valence-electron chi connectivity index (χ2n) is 6.48. The highest BCUT2D eigenvalue weighted by molar-refractivity contribution is 5.88. The van der Waals surface area contributed by atoms with E-state index in [2.05, 4.69) is 6.58 Å². The minimum atomic E-state index is -1.03. The summed E-state index contributed by atoms with van der Waals surface area (Å²) in [4.78, 5) is 23.0. The molecular weight excluding hydrogens is 367 g/mol. The van der Waals surface area contributed by atoms with E-state index in [4.69, 9.17) is 18.6 Å². The zero-order valence-electron chi connectivity index (χ0n) is 16.4. The summed E-state index contributed by atoms with van der Waals surface area (Å²) in [5.74, 6) is -0.584. The van der Waals surface area contributed by atoms with Gasteiger partial charge in [0.1, 0.15) is 0 Å². The topological polar surface area (TPSA) is 75.0 Å². The first-order valence-electron chi connectivity index (χ1n) is 9.12. The number of halogens is 1. The van der Waals surface area contributed by atoms with E-state index in [9.17, 15) is 14.0 Å². The first-order chi connectivity index (χ1) is 13.4. The van der Waals surface area contributed by atoms with Crippen molar-refractivity contribution in [3.63, 3.8) is 0 Å². The molecule has 0 amide bonds. The number of benzene rings is 1. The number of rotatable bonds is 10. The SMILES string of the molecule is C=C(C)C(=O)OCCCCCCOc1c(OC)ccc2c(C)c(F)c(=O)oc12. The van der Waals surface area contributed by atoms with Crippen LogP contribution in [0.25, 0.3) is 11.0 Å². The summed E-state index contributed by atoms with van der Waals surface area (Å²) in [7, 11) is 1.48. The Hall–Kier alpha value is -2.83. The van der Waals surface area contributed by atoms with Crippen molar-refractivity contribution in [2.45, 2.75) is 39.5 Å². The van der Waals surface area contributed by atoms with E-state index in [1.165, 1.54) is 14.0 Å². The molecule has 152 valence electrons. The van der Waals surface area contributed by atoms with Crippen LogP contribution in [-0.2, 0) is 9.53 Å². The molecule has 0 spiro atoms. The Morgan fingerprint density at radius 3 is 2.50 bits per heavy atom. The Labute approximate surface area is 162 Å². The van der Waals surface area contributed by atoms with Crippen LogP contribution in [0.4, 0.5) is 4.39 Å². The minimum absolute atomic E-state index is 0.176. The second kappa shape index (κ2) is 9.92. The standard InChI is InChI=1S/C21H25FO6/c1-13(2)20(23)27-12-8-6-5-7-11-26-19-16(25-4)10-9-15-14(3)17(22)21(24)28-18(15)19/h9-10H,1,5-8,11-12H2,2-4H3. The van der Waals surface area contributed by atoms with Gasteiger partial charge in [-0.3, -0.25) is 0 Å². The lowest BCUT2D eigenvalue weighted by molar-refractivity contribution is -0.139. The summed E-state index contributed by atoms with van der Waals surface area (Å²) in [6.07, 6.45) is 3.25. The van der Waals surface area contributed by atoms with Crippen molar-refractivity contribution >= 4 is 16.9 Å². The quantitative estimate of drug-likeness (QED) is 0.260. The number of carbonyl (C=O) groups is 1. The van der Waals surface area contributed by atoms with Crippen LogP contribution in [0.2, 0.25) is 0 Å². The molecule has 2 aromatic rings. The third-order valence-electron chi connectivity index (χ3n) is 4.27. The molecule has 1 heterocycles. The highest BCUT2D eigenvalue weighted by Crippen LogP contribution is 2.36. The molecular formula is C21H25FO6. The molecule has 2 rings (SSSR count). The molecule has 1 aromatic carbocycles. The number of esters is 1. The van der Waals surface area contributed by atoms with Crippen LogP contribution in [0.3, 0.4) is 0 Å². The predicted octanol–water partition coefficient (Wildman–Crippen LogP) is 4.31. The Balaban J connectivity index is 1.92. The minimum Gasteiger partial charge on any atom is -0.493 e. The zero-order valence-corrected chi connectivity index (χ0v) is 16.4. The molecule has 0 aliphatic heterocycles. The molecule has 1 aromatic heterocycles. The van der Waals surface area contributed by atoms with Gasteiger partial charge in [-0.05, 0) is 51.7 Å². The number of methoxy groups -OCH3 is 1. The van der Waals surface area contributed by atoms with Gasteiger partial charge in [0.15, 0.2) is 11.3 Å². The number of unbranched alkanes of at least 4 members (excludes halogenated alkanes) is 3. The van der Waals surface area contributed by atoms with Crippen LogP contribution >= 0.6 is 0 Å². The van der Waals surface area contributed by atoms with Gasteiger partial charge in [-0.1, -0.05) is 6.58 Å². The van der Waals surface area contributed by atoms with Crippen LogP contribution < -0.4 is 15.1 Å². The van der Waals surface area contributed by atoms with Crippen molar-refractivity contribution in [1.82, 2.24) is 0 Å². The van der Waals surface area contributed by atoms with Crippen molar-refractivity contribution in [3.8, 4) is 11.5 Å². The number of aryl methyl sites for hydroxylation is 1. The van der Waals surface area contributed by atoms with Crippen LogP contribution in [0.1, 0.15) is 38.2 Å². The van der Waals surface area contributed by atoms with Gasteiger partial charge in [0, 0.05) is 16.5 Å². The average Bonchev–Trinajstić information content (AvgIpc) is 2.67. The Morgan fingerprint density at radius 2 is 1.86 bits per heavy atom. The van der Waals surface area contributed by atoms with Crippen LogP contribution in [-0.4, -0.2) is 26.3 Å². The Kier molecular flexibility index (Phi) is 7.61. The molecule has 28 heavy (non-hydrogen) atoms. The van der Waals surface area contributed by atoms with E-state index >= 15 is 0 Å².